The summed E-state index contributed by atoms with van der Waals surface area (Å²) in [6.45, 7) is 7.29. The summed E-state index contributed by atoms with van der Waals surface area (Å²) in [5, 5.41) is 0. The van der Waals surface area contributed by atoms with Gasteiger partial charge >= 0.3 is 17.8 Å². The van der Waals surface area contributed by atoms with Gasteiger partial charge in [0.2, 0.25) is 0 Å². The number of imide groups is 2. The van der Waals surface area contributed by atoms with E-state index < -0.39 is 17.8 Å². The van der Waals surface area contributed by atoms with E-state index in [0.717, 1.165) is 41.7 Å². The molecule has 2 fully saturated rings. The zero-order valence-electron chi connectivity index (χ0n) is 14.6. The summed E-state index contributed by atoms with van der Waals surface area (Å²) < 4.78 is 0. The molecule has 0 bridgehead atoms. The molecule has 0 saturated carbocycles. The minimum absolute atomic E-state index is 0.129. The second kappa shape index (κ2) is 7.18. The van der Waals surface area contributed by atoms with Crippen molar-refractivity contribution in [2.45, 2.75) is 13.8 Å². The second-order valence-electron chi connectivity index (χ2n) is 6.78. The van der Waals surface area contributed by atoms with Gasteiger partial charge in [-0.1, -0.05) is 13.8 Å². The van der Waals surface area contributed by atoms with E-state index >= 15 is 0 Å². The highest BCUT2D eigenvalue weighted by molar-refractivity contribution is 6.44. The quantitative estimate of drug-likeness (QED) is 0.575. The average Bonchev–Trinajstić information content (AvgIpc) is 2.81. The maximum atomic E-state index is 12.4. The first-order valence-electron chi connectivity index (χ1n) is 8.52. The molecule has 8 heteroatoms. The number of carbonyl (C=O) groups is 3. The van der Waals surface area contributed by atoms with Crippen molar-refractivity contribution in [2.24, 2.45) is 5.92 Å². The summed E-state index contributed by atoms with van der Waals surface area (Å²) in [5.74, 6) is -1.30. The molecule has 0 aromatic carbocycles. The molecule has 3 heterocycles. The first kappa shape index (κ1) is 17.3. The molecule has 2 aliphatic heterocycles. The van der Waals surface area contributed by atoms with Gasteiger partial charge in [-0.25, -0.2) is 9.69 Å². The minimum atomic E-state index is -0.720. The molecular formula is C17H23N5O3. The van der Waals surface area contributed by atoms with Gasteiger partial charge in [0.25, 0.3) is 0 Å². The summed E-state index contributed by atoms with van der Waals surface area (Å²) in [6, 6.07) is 3.43. The smallest absolute Gasteiger partial charge is 0.335 e. The molecule has 2 aliphatic rings. The van der Waals surface area contributed by atoms with Gasteiger partial charge in [-0.2, -0.15) is 0 Å². The van der Waals surface area contributed by atoms with E-state index in [4.69, 9.17) is 0 Å². The number of amides is 4. The Morgan fingerprint density at radius 1 is 0.960 bits per heavy atom. The second-order valence-corrected chi connectivity index (χ2v) is 6.78. The van der Waals surface area contributed by atoms with Gasteiger partial charge in [-0.15, -0.1) is 0 Å². The lowest BCUT2D eigenvalue weighted by molar-refractivity contribution is -0.144. The Bertz CT molecular complexity index is 656. The van der Waals surface area contributed by atoms with E-state index in [2.05, 4.69) is 9.88 Å². The molecule has 134 valence electrons. The van der Waals surface area contributed by atoms with Crippen molar-refractivity contribution >= 4 is 23.5 Å². The van der Waals surface area contributed by atoms with E-state index in [1.807, 2.05) is 30.9 Å². The van der Waals surface area contributed by atoms with E-state index in [9.17, 15) is 14.4 Å². The lowest BCUT2D eigenvalue weighted by atomic mass is 10.2. The molecule has 1 aromatic rings. The number of anilines is 1. The third-order valence-corrected chi connectivity index (χ3v) is 4.42. The average molecular weight is 345 g/mol. The molecule has 0 atom stereocenters. The van der Waals surface area contributed by atoms with Crippen molar-refractivity contribution in [3.8, 4) is 0 Å². The van der Waals surface area contributed by atoms with Crippen molar-refractivity contribution in [2.75, 3.05) is 44.3 Å². The Morgan fingerprint density at radius 2 is 1.56 bits per heavy atom. The number of nitrogens with zero attached hydrogens (tertiary/aromatic N) is 5. The maximum Gasteiger partial charge on any atom is 0.335 e. The normalized spacial score (nSPS) is 19.5. The molecule has 2 saturated heterocycles. The fourth-order valence-electron chi connectivity index (χ4n) is 3.10. The van der Waals surface area contributed by atoms with Gasteiger partial charge in [0.05, 0.1) is 6.67 Å². The van der Waals surface area contributed by atoms with Gasteiger partial charge < -0.3 is 4.90 Å². The zero-order valence-corrected chi connectivity index (χ0v) is 14.6. The zero-order chi connectivity index (χ0) is 18.0. The van der Waals surface area contributed by atoms with Crippen LogP contribution in [0.15, 0.2) is 24.5 Å². The highest BCUT2D eigenvalue weighted by atomic mass is 16.2. The Morgan fingerprint density at radius 3 is 2.16 bits per heavy atom. The first-order chi connectivity index (χ1) is 12.0. The third-order valence-electron chi connectivity index (χ3n) is 4.42. The van der Waals surface area contributed by atoms with Crippen LogP contribution in [0.3, 0.4) is 0 Å². The van der Waals surface area contributed by atoms with Gasteiger partial charge in [-0.05, 0) is 18.1 Å². The highest BCUT2D eigenvalue weighted by Gasteiger charge is 2.45. The molecular weight excluding hydrogens is 322 g/mol. The molecule has 0 aliphatic carbocycles. The summed E-state index contributed by atoms with van der Waals surface area (Å²) in [7, 11) is 0. The number of rotatable bonds is 5. The van der Waals surface area contributed by atoms with Crippen LogP contribution >= 0.6 is 0 Å². The molecule has 0 spiro atoms. The summed E-state index contributed by atoms with van der Waals surface area (Å²) in [5.41, 5.74) is 1.11. The van der Waals surface area contributed by atoms with E-state index in [1.54, 1.807) is 12.4 Å². The fourth-order valence-corrected chi connectivity index (χ4v) is 3.10. The van der Waals surface area contributed by atoms with Crippen LogP contribution < -0.4 is 4.90 Å². The first-order valence-corrected chi connectivity index (χ1v) is 8.52. The highest BCUT2D eigenvalue weighted by Crippen LogP contribution is 2.18. The number of pyridine rings is 1. The maximum absolute atomic E-state index is 12.4. The van der Waals surface area contributed by atoms with Gasteiger partial charge in [0.15, 0.2) is 0 Å². The molecule has 8 nitrogen and oxygen atoms in total. The molecule has 1 aromatic heterocycles. The number of carbonyl (C=O) groups excluding carboxylic acids is 3. The van der Waals surface area contributed by atoms with Gasteiger partial charge in [-0.3, -0.25) is 24.4 Å². The van der Waals surface area contributed by atoms with E-state index in [1.165, 1.54) is 0 Å². The molecule has 25 heavy (non-hydrogen) atoms. The standard InChI is InChI=1S/C17H23N5O3/c1-13(2)11-21-15(23)16(24)22(17(21)25)12-19-7-9-20(10-8-19)14-3-5-18-6-4-14/h3-6,13H,7-12H2,1-2H3. The van der Waals surface area contributed by atoms with Crippen LogP contribution in [0.25, 0.3) is 0 Å². The van der Waals surface area contributed by atoms with Crippen molar-refractivity contribution in [3.63, 3.8) is 0 Å². The molecule has 0 radical (unpaired) electrons. The number of piperazine rings is 1. The van der Waals surface area contributed by atoms with Crippen LogP contribution in [0.2, 0.25) is 0 Å². The number of hydrogen-bond acceptors (Lipinski definition) is 6. The summed E-state index contributed by atoms with van der Waals surface area (Å²) in [4.78, 5) is 46.9. The van der Waals surface area contributed by atoms with Crippen LogP contribution in [0.5, 0.6) is 0 Å². The van der Waals surface area contributed by atoms with Crippen molar-refractivity contribution in [3.05, 3.63) is 24.5 Å². The predicted molar refractivity (Wildman–Crippen MR) is 91.7 cm³/mol. The Hall–Kier alpha value is -2.48. The van der Waals surface area contributed by atoms with E-state index in [-0.39, 0.29) is 19.1 Å². The van der Waals surface area contributed by atoms with Crippen molar-refractivity contribution in [1.82, 2.24) is 19.7 Å². The lowest BCUT2D eigenvalue weighted by Crippen LogP contribution is -2.51. The third kappa shape index (κ3) is 3.63. The largest absolute Gasteiger partial charge is 0.369 e. The van der Waals surface area contributed by atoms with Crippen LogP contribution in [0.1, 0.15) is 13.8 Å². The monoisotopic (exact) mass is 345 g/mol. The Kier molecular flexibility index (Phi) is 4.98. The van der Waals surface area contributed by atoms with Gasteiger partial charge in [0, 0.05) is 50.8 Å². The van der Waals surface area contributed by atoms with Crippen LogP contribution in [0.4, 0.5) is 10.5 Å². The van der Waals surface area contributed by atoms with Crippen LogP contribution in [-0.4, -0.2) is 76.9 Å². The Labute approximate surface area is 147 Å². The van der Waals surface area contributed by atoms with Crippen LogP contribution in [0, 0.1) is 5.92 Å². The van der Waals surface area contributed by atoms with E-state index in [0.29, 0.717) is 0 Å². The molecule has 4 amide bonds. The Balaban J connectivity index is 1.58. The predicted octanol–water partition coefficient (Wildman–Crippen LogP) is 0.608. The number of urea groups is 1. The summed E-state index contributed by atoms with van der Waals surface area (Å²) in [6.07, 6.45) is 3.52. The summed E-state index contributed by atoms with van der Waals surface area (Å²) >= 11 is 0. The molecule has 0 N–H and O–H groups in total. The van der Waals surface area contributed by atoms with Crippen LogP contribution in [-0.2, 0) is 9.59 Å². The minimum Gasteiger partial charge on any atom is -0.369 e. The SMILES string of the molecule is CC(C)CN1C(=O)C(=O)N(CN2CCN(c3ccncc3)CC2)C1=O. The number of aromatic nitrogens is 1. The lowest BCUT2D eigenvalue weighted by Gasteiger charge is -2.37. The topological polar surface area (TPSA) is 77.1 Å². The fraction of sp³-hybridized carbons (Fsp3) is 0.529. The molecule has 3 rings (SSSR count). The number of hydrogen-bond donors (Lipinski definition) is 0. The van der Waals surface area contributed by atoms with Gasteiger partial charge in [0.1, 0.15) is 0 Å². The van der Waals surface area contributed by atoms with Crippen molar-refractivity contribution in [1.29, 1.82) is 0 Å². The van der Waals surface area contributed by atoms with Crippen molar-refractivity contribution < 1.29 is 14.4 Å². The molecule has 0 unspecified atom stereocenters.